The van der Waals surface area contributed by atoms with Crippen molar-refractivity contribution in [3.63, 3.8) is 0 Å². The lowest BCUT2D eigenvalue weighted by atomic mass is 9.63. The summed E-state index contributed by atoms with van der Waals surface area (Å²) in [6.45, 7) is 7.61. The van der Waals surface area contributed by atoms with Gasteiger partial charge in [-0.1, -0.05) is 40.0 Å². The molecule has 4 heteroatoms. The Balaban J connectivity index is 0.000000174. The zero-order chi connectivity index (χ0) is 18.0. The molecular weight excluding hydrogens is 296 g/mol. The first kappa shape index (κ1) is 20.2. The van der Waals surface area contributed by atoms with Crippen molar-refractivity contribution in [3.05, 3.63) is 0 Å². The molecule has 0 aromatic rings. The Morgan fingerprint density at radius 1 is 0.917 bits per heavy atom. The van der Waals surface area contributed by atoms with Crippen molar-refractivity contribution in [3.8, 4) is 0 Å². The van der Waals surface area contributed by atoms with E-state index in [0.29, 0.717) is 17.4 Å². The third kappa shape index (κ3) is 5.17. The van der Waals surface area contributed by atoms with Crippen LogP contribution in [0.15, 0.2) is 0 Å². The summed E-state index contributed by atoms with van der Waals surface area (Å²) in [4.78, 5) is 0. The molecule has 0 radical (unpaired) electrons. The van der Waals surface area contributed by atoms with Crippen molar-refractivity contribution in [2.75, 3.05) is 6.54 Å². The van der Waals surface area contributed by atoms with Gasteiger partial charge in [-0.3, -0.25) is 0 Å². The van der Waals surface area contributed by atoms with E-state index in [2.05, 4.69) is 20.8 Å². The standard InChI is InChI=1S/C10H20N2.C10H22N2/c11-10(12)7-3-5-8-4-1-2-6-9(8)10;1-9(2)4-8(12)5-10(3,6-9)7-11/h8-9H,1-7,11-12H2;8H,4-7,11-12H2,1-3H3. The van der Waals surface area contributed by atoms with Crippen LogP contribution in [0.5, 0.6) is 0 Å². The van der Waals surface area contributed by atoms with Gasteiger partial charge in [-0.05, 0) is 74.2 Å². The van der Waals surface area contributed by atoms with E-state index >= 15 is 0 Å². The molecule has 4 unspecified atom stereocenters. The predicted octanol–water partition coefficient (Wildman–Crippen LogP) is 3.08. The van der Waals surface area contributed by atoms with Crippen LogP contribution in [0, 0.1) is 22.7 Å². The number of fused-ring (bicyclic) bond motifs is 1. The Labute approximate surface area is 149 Å². The van der Waals surface area contributed by atoms with Crippen LogP contribution in [-0.2, 0) is 0 Å². The first-order valence-electron chi connectivity index (χ1n) is 10.1. The molecule has 4 atom stereocenters. The molecule has 0 aliphatic heterocycles. The Bertz CT molecular complexity index is 404. The van der Waals surface area contributed by atoms with Gasteiger partial charge in [-0.25, -0.2) is 0 Å². The molecule has 3 fully saturated rings. The fourth-order valence-electron chi connectivity index (χ4n) is 5.99. The highest BCUT2D eigenvalue weighted by Crippen LogP contribution is 2.45. The summed E-state index contributed by atoms with van der Waals surface area (Å²) in [7, 11) is 0. The molecule has 142 valence electrons. The van der Waals surface area contributed by atoms with Crippen LogP contribution in [0.1, 0.15) is 85.0 Å². The van der Waals surface area contributed by atoms with Crippen molar-refractivity contribution in [2.45, 2.75) is 96.7 Å². The minimum atomic E-state index is -0.330. The van der Waals surface area contributed by atoms with Gasteiger partial charge in [-0.15, -0.1) is 0 Å². The highest BCUT2D eigenvalue weighted by Gasteiger charge is 2.41. The summed E-state index contributed by atoms with van der Waals surface area (Å²) in [5.74, 6) is 1.47. The molecule has 0 aromatic carbocycles. The van der Waals surface area contributed by atoms with E-state index in [-0.39, 0.29) is 11.1 Å². The van der Waals surface area contributed by atoms with Gasteiger partial charge in [0.2, 0.25) is 0 Å². The normalized spacial score (nSPS) is 40.9. The minimum absolute atomic E-state index is 0.279. The van der Waals surface area contributed by atoms with Gasteiger partial charge in [-0.2, -0.15) is 0 Å². The fourth-order valence-corrected chi connectivity index (χ4v) is 5.99. The third-order valence-corrected chi connectivity index (χ3v) is 6.75. The maximum absolute atomic E-state index is 6.11. The second kappa shape index (κ2) is 7.61. The van der Waals surface area contributed by atoms with Crippen molar-refractivity contribution in [2.24, 2.45) is 45.6 Å². The lowest BCUT2D eigenvalue weighted by molar-refractivity contribution is 0.0810. The van der Waals surface area contributed by atoms with Crippen LogP contribution in [0.3, 0.4) is 0 Å². The molecule has 0 aromatic heterocycles. The topological polar surface area (TPSA) is 104 Å². The summed E-state index contributed by atoms with van der Waals surface area (Å²) < 4.78 is 0. The van der Waals surface area contributed by atoms with Crippen molar-refractivity contribution in [1.82, 2.24) is 0 Å². The van der Waals surface area contributed by atoms with Crippen molar-refractivity contribution >= 4 is 0 Å². The molecule has 3 rings (SSSR count). The largest absolute Gasteiger partial charge is 0.330 e. The molecule has 0 saturated heterocycles. The van der Waals surface area contributed by atoms with Gasteiger partial charge < -0.3 is 22.9 Å². The third-order valence-electron chi connectivity index (χ3n) is 6.75. The van der Waals surface area contributed by atoms with Crippen LogP contribution < -0.4 is 22.9 Å². The highest BCUT2D eigenvalue weighted by molar-refractivity contribution is 4.95. The molecule has 0 heterocycles. The van der Waals surface area contributed by atoms with E-state index in [1.54, 1.807) is 0 Å². The van der Waals surface area contributed by atoms with Gasteiger partial charge in [0.05, 0.1) is 5.66 Å². The fraction of sp³-hybridized carbons (Fsp3) is 1.00. The molecule has 0 spiro atoms. The van der Waals surface area contributed by atoms with E-state index in [0.717, 1.165) is 31.7 Å². The summed E-state index contributed by atoms with van der Waals surface area (Å²) in [5, 5.41) is 0. The average molecular weight is 339 g/mol. The van der Waals surface area contributed by atoms with E-state index in [1.807, 2.05) is 0 Å². The summed E-state index contributed by atoms with van der Waals surface area (Å²) in [6.07, 6.45) is 12.5. The highest BCUT2D eigenvalue weighted by atomic mass is 15.0. The van der Waals surface area contributed by atoms with Gasteiger partial charge in [0.1, 0.15) is 0 Å². The maximum Gasteiger partial charge on any atom is 0.0668 e. The van der Waals surface area contributed by atoms with Crippen LogP contribution in [-0.4, -0.2) is 18.2 Å². The Hall–Kier alpha value is -0.160. The number of hydrogen-bond acceptors (Lipinski definition) is 4. The number of nitrogens with two attached hydrogens (primary N) is 4. The molecule has 4 nitrogen and oxygen atoms in total. The zero-order valence-corrected chi connectivity index (χ0v) is 16.3. The van der Waals surface area contributed by atoms with Crippen LogP contribution in [0.25, 0.3) is 0 Å². The second-order valence-electron chi connectivity index (χ2n) is 10.2. The lowest BCUT2D eigenvalue weighted by Crippen LogP contribution is -2.60. The van der Waals surface area contributed by atoms with Crippen molar-refractivity contribution < 1.29 is 0 Å². The molecule has 3 saturated carbocycles. The predicted molar refractivity (Wildman–Crippen MR) is 103 cm³/mol. The number of hydrogen-bond donors (Lipinski definition) is 4. The second-order valence-corrected chi connectivity index (χ2v) is 10.2. The van der Waals surface area contributed by atoms with E-state index in [1.165, 1.54) is 44.9 Å². The maximum atomic E-state index is 6.11. The van der Waals surface area contributed by atoms with Gasteiger partial charge >= 0.3 is 0 Å². The van der Waals surface area contributed by atoms with E-state index in [4.69, 9.17) is 22.9 Å². The lowest BCUT2D eigenvalue weighted by Gasteiger charge is -2.46. The molecule has 3 aliphatic rings. The van der Waals surface area contributed by atoms with Crippen molar-refractivity contribution in [1.29, 1.82) is 0 Å². The Morgan fingerprint density at radius 2 is 1.54 bits per heavy atom. The van der Waals surface area contributed by atoms with E-state index < -0.39 is 0 Å². The van der Waals surface area contributed by atoms with Crippen LogP contribution >= 0.6 is 0 Å². The van der Waals surface area contributed by atoms with E-state index in [9.17, 15) is 0 Å². The first-order valence-corrected chi connectivity index (χ1v) is 10.1. The molecule has 0 bridgehead atoms. The molecular formula is C20H42N4. The van der Waals surface area contributed by atoms with Gasteiger partial charge in [0.25, 0.3) is 0 Å². The number of rotatable bonds is 1. The molecule has 24 heavy (non-hydrogen) atoms. The Morgan fingerprint density at radius 3 is 2.12 bits per heavy atom. The minimum Gasteiger partial charge on any atom is -0.330 e. The first-order chi connectivity index (χ1) is 11.1. The summed E-state index contributed by atoms with van der Waals surface area (Å²) in [5.41, 5.74) is 24.3. The summed E-state index contributed by atoms with van der Waals surface area (Å²) in [6, 6.07) is 0.349. The van der Waals surface area contributed by atoms with Gasteiger partial charge in [0.15, 0.2) is 0 Å². The SMILES string of the molecule is CC1(C)CC(N)CC(C)(CN)C1.NC1(N)CCCC2CCCCC21. The average Bonchev–Trinajstić information content (AvgIpc) is 2.45. The molecule has 3 aliphatic carbocycles. The zero-order valence-electron chi connectivity index (χ0n) is 16.3. The molecule has 0 amide bonds. The Kier molecular flexibility index (Phi) is 6.39. The summed E-state index contributed by atoms with van der Waals surface area (Å²) >= 11 is 0. The quantitative estimate of drug-likeness (QED) is 0.551. The smallest absolute Gasteiger partial charge is 0.0668 e. The molecule has 8 N–H and O–H groups in total. The van der Waals surface area contributed by atoms with Crippen LogP contribution in [0.2, 0.25) is 0 Å². The monoisotopic (exact) mass is 338 g/mol. The van der Waals surface area contributed by atoms with Gasteiger partial charge in [0, 0.05) is 6.04 Å². The van der Waals surface area contributed by atoms with Crippen LogP contribution in [0.4, 0.5) is 0 Å².